The van der Waals surface area contributed by atoms with E-state index >= 15 is 0 Å². The molecular weight excluding hydrogens is 252 g/mol. The number of hydrogen-bond donors (Lipinski definition) is 0. The Morgan fingerprint density at radius 3 is 2.94 bits per heavy atom. The van der Waals surface area contributed by atoms with Crippen LogP contribution in [0.5, 0.6) is 16.6 Å². The van der Waals surface area contributed by atoms with Gasteiger partial charge in [-0.1, -0.05) is 17.4 Å². The van der Waals surface area contributed by atoms with Crippen molar-refractivity contribution in [2.45, 2.75) is 6.61 Å². The van der Waals surface area contributed by atoms with Crippen molar-refractivity contribution in [1.29, 1.82) is 0 Å². The first-order chi connectivity index (χ1) is 8.85. The van der Waals surface area contributed by atoms with Crippen LogP contribution < -0.4 is 14.2 Å². The van der Waals surface area contributed by atoms with Crippen molar-refractivity contribution in [2.24, 2.45) is 0 Å². The van der Waals surface area contributed by atoms with Gasteiger partial charge in [0, 0.05) is 0 Å². The second-order valence-corrected chi connectivity index (χ2v) is 4.83. The zero-order valence-electron chi connectivity index (χ0n) is 9.42. The summed E-state index contributed by atoms with van der Waals surface area (Å²) in [6.07, 6.45) is 0.818. The minimum absolute atomic E-state index is 0.271. The van der Waals surface area contributed by atoms with Gasteiger partial charge in [-0.15, -0.1) is 0 Å². The smallest absolute Gasteiger partial charge is 0.231 e. The summed E-state index contributed by atoms with van der Waals surface area (Å²) >= 11 is 1.33. The molecule has 3 rings (SSSR count). The van der Waals surface area contributed by atoms with Gasteiger partial charge in [-0.3, -0.25) is 4.79 Å². The normalized spacial score (nSPS) is 12.4. The van der Waals surface area contributed by atoms with Gasteiger partial charge in [-0.05, 0) is 29.8 Å². The lowest BCUT2D eigenvalue weighted by Crippen LogP contribution is -1.94. The summed E-state index contributed by atoms with van der Waals surface area (Å²) in [6.45, 7) is 0.711. The Bertz CT molecular complexity index is 576. The van der Waals surface area contributed by atoms with Gasteiger partial charge in [0.25, 0.3) is 0 Å². The minimum atomic E-state index is 0.271. The third-order valence-electron chi connectivity index (χ3n) is 2.54. The van der Waals surface area contributed by atoms with E-state index in [1.807, 2.05) is 18.2 Å². The summed E-state index contributed by atoms with van der Waals surface area (Å²) < 4.78 is 16.1. The molecule has 4 nitrogen and oxygen atoms in total. The second-order valence-electron chi connectivity index (χ2n) is 3.75. The summed E-state index contributed by atoms with van der Waals surface area (Å²) in [5.41, 5.74) is 1.00. The molecule has 0 N–H and O–H groups in total. The monoisotopic (exact) mass is 262 g/mol. The molecule has 0 spiro atoms. The summed E-state index contributed by atoms with van der Waals surface area (Å²) in [5, 5.41) is 0.731. The quantitative estimate of drug-likeness (QED) is 0.795. The lowest BCUT2D eigenvalue weighted by atomic mass is 10.2. The maximum Gasteiger partial charge on any atom is 0.231 e. The fraction of sp³-hybridized carbons (Fsp3) is 0.154. The van der Waals surface area contributed by atoms with E-state index < -0.39 is 0 Å². The van der Waals surface area contributed by atoms with Gasteiger partial charge in [0.05, 0.1) is 4.88 Å². The highest BCUT2D eigenvalue weighted by Crippen LogP contribution is 2.33. The van der Waals surface area contributed by atoms with Crippen molar-refractivity contribution in [3.05, 3.63) is 40.8 Å². The second kappa shape index (κ2) is 4.70. The highest BCUT2D eigenvalue weighted by atomic mass is 32.1. The molecule has 92 valence electrons. The predicted octanol–water partition coefficient (Wildman–Crippen LogP) is 2.87. The van der Waals surface area contributed by atoms with Crippen molar-refractivity contribution in [3.8, 4) is 16.6 Å². The molecule has 1 aromatic heterocycles. The first-order valence-electron chi connectivity index (χ1n) is 5.41. The molecule has 0 saturated heterocycles. The van der Waals surface area contributed by atoms with Crippen LogP contribution in [0.15, 0.2) is 30.3 Å². The molecule has 0 amide bonds. The molecule has 1 aliphatic rings. The standard InChI is InChI=1S/C13H10O4S/c14-6-10-2-4-13(18-10)15-7-9-1-3-11-12(5-9)17-8-16-11/h1-6H,7-8H2. The Labute approximate surface area is 108 Å². The van der Waals surface area contributed by atoms with Crippen LogP contribution in [0.4, 0.5) is 0 Å². The highest BCUT2D eigenvalue weighted by Gasteiger charge is 2.13. The largest absolute Gasteiger partial charge is 0.479 e. The highest BCUT2D eigenvalue weighted by molar-refractivity contribution is 7.15. The first-order valence-corrected chi connectivity index (χ1v) is 6.23. The summed E-state index contributed by atoms with van der Waals surface area (Å²) in [6, 6.07) is 9.23. The van der Waals surface area contributed by atoms with Crippen LogP contribution in [-0.4, -0.2) is 13.1 Å². The Hall–Kier alpha value is -2.01. The Balaban J connectivity index is 1.68. The van der Waals surface area contributed by atoms with Gasteiger partial charge in [0.15, 0.2) is 22.8 Å². The molecule has 0 radical (unpaired) electrons. The van der Waals surface area contributed by atoms with Gasteiger partial charge >= 0.3 is 0 Å². The van der Waals surface area contributed by atoms with E-state index in [-0.39, 0.29) is 6.79 Å². The van der Waals surface area contributed by atoms with Crippen LogP contribution >= 0.6 is 11.3 Å². The third-order valence-corrected chi connectivity index (χ3v) is 3.46. The molecule has 2 heterocycles. The van der Waals surface area contributed by atoms with E-state index in [9.17, 15) is 4.79 Å². The summed E-state index contributed by atoms with van der Waals surface area (Å²) in [5.74, 6) is 1.51. The van der Waals surface area contributed by atoms with Crippen LogP contribution in [0.2, 0.25) is 0 Å². The SMILES string of the molecule is O=Cc1ccc(OCc2ccc3c(c2)OCO3)s1. The Kier molecular flexibility index (Phi) is 2.90. The Morgan fingerprint density at radius 1 is 1.22 bits per heavy atom. The van der Waals surface area contributed by atoms with Crippen molar-refractivity contribution < 1.29 is 19.0 Å². The van der Waals surface area contributed by atoms with Crippen LogP contribution in [-0.2, 0) is 6.61 Å². The van der Waals surface area contributed by atoms with Gasteiger partial charge in [0.2, 0.25) is 6.79 Å². The number of ether oxygens (including phenoxy) is 3. The number of rotatable bonds is 4. The summed E-state index contributed by atoms with van der Waals surface area (Å²) in [7, 11) is 0. The molecule has 1 aliphatic heterocycles. The molecule has 2 aromatic rings. The number of carbonyl (C=O) groups is 1. The molecule has 5 heteroatoms. The average molecular weight is 262 g/mol. The summed E-state index contributed by atoms with van der Waals surface area (Å²) in [4.78, 5) is 11.2. The fourth-order valence-electron chi connectivity index (χ4n) is 1.66. The van der Waals surface area contributed by atoms with Gasteiger partial charge in [-0.2, -0.15) is 0 Å². The van der Waals surface area contributed by atoms with Crippen LogP contribution in [0, 0.1) is 0 Å². The van der Waals surface area contributed by atoms with E-state index in [1.165, 1.54) is 11.3 Å². The van der Waals surface area contributed by atoms with E-state index in [1.54, 1.807) is 12.1 Å². The molecule has 0 fully saturated rings. The zero-order valence-corrected chi connectivity index (χ0v) is 10.2. The van der Waals surface area contributed by atoms with Gasteiger partial charge in [0.1, 0.15) is 6.61 Å². The van der Waals surface area contributed by atoms with Gasteiger partial charge < -0.3 is 14.2 Å². The van der Waals surface area contributed by atoms with Gasteiger partial charge in [-0.25, -0.2) is 0 Å². The van der Waals surface area contributed by atoms with Crippen molar-refractivity contribution in [1.82, 2.24) is 0 Å². The molecule has 1 aromatic carbocycles. The maximum atomic E-state index is 10.5. The molecule has 0 unspecified atom stereocenters. The van der Waals surface area contributed by atoms with E-state index in [0.717, 1.165) is 28.4 Å². The minimum Gasteiger partial charge on any atom is -0.479 e. The van der Waals surface area contributed by atoms with Crippen molar-refractivity contribution in [2.75, 3.05) is 6.79 Å². The van der Waals surface area contributed by atoms with Crippen LogP contribution in [0.3, 0.4) is 0 Å². The van der Waals surface area contributed by atoms with Crippen LogP contribution in [0.1, 0.15) is 15.2 Å². The molecule has 0 bridgehead atoms. The number of hydrogen-bond acceptors (Lipinski definition) is 5. The number of carbonyl (C=O) groups excluding carboxylic acids is 1. The van der Waals surface area contributed by atoms with E-state index in [4.69, 9.17) is 14.2 Å². The molecule has 0 aliphatic carbocycles. The lowest BCUT2D eigenvalue weighted by Gasteiger charge is -2.04. The number of thiophene rings is 1. The van der Waals surface area contributed by atoms with Crippen molar-refractivity contribution >= 4 is 17.6 Å². The third kappa shape index (κ3) is 2.17. The average Bonchev–Trinajstić information content (AvgIpc) is 3.04. The first kappa shape index (κ1) is 11.1. The Morgan fingerprint density at radius 2 is 2.11 bits per heavy atom. The van der Waals surface area contributed by atoms with E-state index in [0.29, 0.717) is 11.5 Å². The van der Waals surface area contributed by atoms with Crippen LogP contribution in [0.25, 0.3) is 0 Å². The van der Waals surface area contributed by atoms with E-state index in [2.05, 4.69) is 0 Å². The number of benzene rings is 1. The molecule has 0 atom stereocenters. The predicted molar refractivity (Wildman–Crippen MR) is 66.6 cm³/mol. The number of fused-ring (bicyclic) bond motifs is 1. The lowest BCUT2D eigenvalue weighted by molar-refractivity contribution is 0.112. The zero-order chi connectivity index (χ0) is 12.4. The topological polar surface area (TPSA) is 44.8 Å². The fourth-order valence-corrected chi connectivity index (χ4v) is 2.33. The number of aldehydes is 1. The maximum absolute atomic E-state index is 10.5. The molecule has 0 saturated carbocycles. The van der Waals surface area contributed by atoms with Crippen molar-refractivity contribution in [3.63, 3.8) is 0 Å². The molecular formula is C13H10O4S. The molecule has 18 heavy (non-hydrogen) atoms.